The highest BCUT2D eigenvalue weighted by atomic mass is 15.1. The number of quaternary nitrogens is 1. The van der Waals surface area contributed by atoms with Gasteiger partial charge in [-0.05, 0) is 37.5 Å². The first-order chi connectivity index (χ1) is 10.3. The van der Waals surface area contributed by atoms with Crippen molar-refractivity contribution < 1.29 is 4.90 Å². The Morgan fingerprint density at radius 1 is 0.762 bits per heavy atom. The molecule has 1 heterocycles. The Kier molecular flexibility index (Phi) is 6.03. The van der Waals surface area contributed by atoms with Crippen molar-refractivity contribution in [3.05, 3.63) is 0 Å². The first-order valence-electron chi connectivity index (χ1n) is 10.1. The summed E-state index contributed by atoms with van der Waals surface area (Å²) in [7, 11) is 0. The molecule has 1 saturated heterocycles. The molecule has 0 spiro atoms. The van der Waals surface area contributed by atoms with E-state index in [-0.39, 0.29) is 0 Å². The van der Waals surface area contributed by atoms with E-state index >= 15 is 0 Å². The predicted octanol–water partition coefficient (Wildman–Crippen LogP) is 4.08. The van der Waals surface area contributed by atoms with Gasteiger partial charge in [0.05, 0.1) is 19.6 Å². The van der Waals surface area contributed by atoms with E-state index in [1.165, 1.54) is 71.0 Å². The second-order valence-corrected chi connectivity index (χ2v) is 8.68. The molecule has 0 bridgehead atoms. The van der Waals surface area contributed by atoms with Crippen molar-refractivity contribution in [2.45, 2.75) is 84.0 Å². The van der Waals surface area contributed by atoms with Crippen molar-refractivity contribution in [3.63, 3.8) is 0 Å². The van der Waals surface area contributed by atoms with Crippen molar-refractivity contribution in [1.82, 2.24) is 0 Å². The summed E-state index contributed by atoms with van der Waals surface area (Å²) in [5, 5.41) is 0. The Morgan fingerprint density at radius 3 is 2.29 bits per heavy atom. The number of nitrogens with one attached hydrogen (secondary N) is 1. The van der Waals surface area contributed by atoms with E-state index in [1.54, 1.807) is 25.7 Å². The van der Waals surface area contributed by atoms with Crippen LogP contribution >= 0.6 is 0 Å². The highest BCUT2D eigenvalue weighted by Crippen LogP contribution is 2.31. The number of hydrogen-bond donors (Lipinski definition) is 1. The lowest BCUT2D eigenvalue weighted by atomic mass is 9.78. The van der Waals surface area contributed by atoms with Crippen LogP contribution in [0, 0.1) is 23.7 Å². The van der Waals surface area contributed by atoms with Gasteiger partial charge in [-0.25, -0.2) is 0 Å². The van der Waals surface area contributed by atoms with Gasteiger partial charge in [0.25, 0.3) is 0 Å². The van der Waals surface area contributed by atoms with E-state index in [0.717, 1.165) is 23.7 Å². The van der Waals surface area contributed by atoms with Crippen LogP contribution in [0.3, 0.4) is 0 Å². The topological polar surface area (TPSA) is 4.44 Å². The Hall–Kier alpha value is -0.0400. The molecule has 1 nitrogen and oxygen atoms in total. The van der Waals surface area contributed by atoms with Crippen LogP contribution in [-0.2, 0) is 0 Å². The first kappa shape index (κ1) is 15.8. The molecule has 0 aromatic carbocycles. The summed E-state index contributed by atoms with van der Waals surface area (Å²) in [6.07, 6.45) is 18.3. The summed E-state index contributed by atoms with van der Waals surface area (Å²) in [5.74, 6) is 4.21. The second-order valence-electron chi connectivity index (χ2n) is 8.68. The summed E-state index contributed by atoms with van der Waals surface area (Å²) in [6, 6.07) is 0. The highest BCUT2D eigenvalue weighted by Gasteiger charge is 2.30. The molecule has 0 radical (unpaired) electrons. The minimum Gasteiger partial charge on any atom is -0.334 e. The normalized spacial score (nSPS) is 39.3. The van der Waals surface area contributed by atoms with Crippen molar-refractivity contribution >= 4 is 0 Å². The molecular formula is C20H38N+. The number of likely N-dealkylation sites (tertiary alicyclic amines) is 1. The highest BCUT2D eigenvalue weighted by molar-refractivity contribution is 4.74. The summed E-state index contributed by atoms with van der Waals surface area (Å²) in [6.45, 7) is 7.01. The smallest absolute Gasteiger partial charge is 0.0802 e. The van der Waals surface area contributed by atoms with Crippen LogP contribution < -0.4 is 4.90 Å². The zero-order valence-electron chi connectivity index (χ0n) is 14.4. The first-order valence-corrected chi connectivity index (χ1v) is 10.1. The molecule has 0 aromatic rings. The molecule has 2 saturated carbocycles. The van der Waals surface area contributed by atoms with Crippen LogP contribution in [0.5, 0.6) is 0 Å². The number of piperidine rings is 1. The molecule has 3 rings (SSSR count). The molecule has 4 atom stereocenters. The molecule has 122 valence electrons. The van der Waals surface area contributed by atoms with E-state index in [4.69, 9.17) is 0 Å². The Labute approximate surface area is 132 Å². The maximum atomic E-state index is 2.52. The maximum absolute atomic E-state index is 2.52. The van der Waals surface area contributed by atoms with Gasteiger partial charge in [0.15, 0.2) is 0 Å². The fourth-order valence-corrected chi connectivity index (χ4v) is 5.60. The molecule has 1 N–H and O–H groups in total. The summed E-state index contributed by atoms with van der Waals surface area (Å²) in [5.41, 5.74) is 0. The van der Waals surface area contributed by atoms with Crippen LogP contribution in [0.4, 0.5) is 0 Å². The standard InChI is InChI=1S/C20H37N/c1-17-8-5-6-12-20(17)16-21-13-7-11-19(15-21)14-18-9-3-2-4-10-18/h17-20H,2-16H2,1H3/p+1. The molecule has 3 fully saturated rings. The van der Waals surface area contributed by atoms with Crippen molar-refractivity contribution in [3.8, 4) is 0 Å². The Morgan fingerprint density at radius 2 is 1.48 bits per heavy atom. The van der Waals surface area contributed by atoms with Gasteiger partial charge in [0.1, 0.15) is 0 Å². The van der Waals surface area contributed by atoms with E-state index < -0.39 is 0 Å². The van der Waals surface area contributed by atoms with Gasteiger partial charge < -0.3 is 4.90 Å². The molecule has 21 heavy (non-hydrogen) atoms. The predicted molar refractivity (Wildman–Crippen MR) is 90.6 cm³/mol. The molecule has 0 aromatic heterocycles. The minimum absolute atomic E-state index is 1.00. The molecule has 4 unspecified atom stereocenters. The fourth-order valence-electron chi connectivity index (χ4n) is 5.60. The number of hydrogen-bond acceptors (Lipinski definition) is 0. The molecule has 0 amide bonds. The summed E-state index contributed by atoms with van der Waals surface area (Å²) < 4.78 is 0. The van der Waals surface area contributed by atoms with Gasteiger partial charge in [-0.1, -0.05) is 58.3 Å². The van der Waals surface area contributed by atoms with Gasteiger partial charge in [-0.3, -0.25) is 0 Å². The summed E-state index contributed by atoms with van der Waals surface area (Å²) in [4.78, 5) is 1.97. The second kappa shape index (κ2) is 7.99. The van der Waals surface area contributed by atoms with Gasteiger partial charge in [0.2, 0.25) is 0 Å². The van der Waals surface area contributed by atoms with E-state index in [1.807, 2.05) is 4.90 Å². The van der Waals surface area contributed by atoms with Crippen LogP contribution in [0.1, 0.15) is 84.0 Å². The maximum Gasteiger partial charge on any atom is 0.0802 e. The zero-order valence-corrected chi connectivity index (χ0v) is 14.4. The van der Waals surface area contributed by atoms with Crippen molar-refractivity contribution in [2.75, 3.05) is 19.6 Å². The third kappa shape index (κ3) is 4.71. The monoisotopic (exact) mass is 292 g/mol. The van der Waals surface area contributed by atoms with Gasteiger partial charge in [0, 0.05) is 11.8 Å². The minimum atomic E-state index is 1.00. The van der Waals surface area contributed by atoms with E-state index in [9.17, 15) is 0 Å². The van der Waals surface area contributed by atoms with Crippen LogP contribution in [0.2, 0.25) is 0 Å². The number of rotatable bonds is 4. The van der Waals surface area contributed by atoms with E-state index in [2.05, 4.69) is 6.92 Å². The summed E-state index contributed by atoms with van der Waals surface area (Å²) >= 11 is 0. The molecule has 2 aliphatic carbocycles. The van der Waals surface area contributed by atoms with Crippen molar-refractivity contribution in [2.24, 2.45) is 23.7 Å². The average Bonchev–Trinajstić information content (AvgIpc) is 2.51. The van der Waals surface area contributed by atoms with E-state index in [0.29, 0.717) is 0 Å². The molecule has 1 heteroatoms. The molecular weight excluding hydrogens is 254 g/mol. The fraction of sp³-hybridized carbons (Fsp3) is 1.00. The average molecular weight is 293 g/mol. The van der Waals surface area contributed by atoms with Gasteiger partial charge in [-0.2, -0.15) is 0 Å². The van der Waals surface area contributed by atoms with Crippen LogP contribution in [0.15, 0.2) is 0 Å². The largest absolute Gasteiger partial charge is 0.334 e. The van der Waals surface area contributed by atoms with Gasteiger partial charge >= 0.3 is 0 Å². The lowest BCUT2D eigenvalue weighted by Gasteiger charge is -2.37. The zero-order chi connectivity index (χ0) is 14.5. The quantitative estimate of drug-likeness (QED) is 0.796. The molecule has 1 aliphatic heterocycles. The Bertz CT molecular complexity index is 294. The molecule has 3 aliphatic rings. The SMILES string of the molecule is CC1CCCCC1C[NH+]1CCCC(CC2CCCCC2)C1. The lowest BCUT2D eigenvalue weighted by molar-refractivity contribution is -0.912. The van der Waals surface area contributed by atoms with Crippen LogP contribution in [0.25, 0.3) is 0 Å². The Balaban J connectivity index is 1.44. The van der Waals surface area contributed by atoms with Crippen LogP contribution in [-0.4, -0.2) is 19.6 Å². The third-order valence-electron chi connectivity index (χ3n) is 6.95. The van der Waals surface area contributed by atoms with Gasteiger partial charge in [-0.15, -0.1) is 0 Å². The lowest BCUT2D eigenvalue weighted by Crippen LogP contribution is -3.14. The third-order valence-corrected chi connectivity index (χ3v) is 6.95. The van der Waals surface area contributed by atoms with Crippen molar-refractivity contribution in [1.29, 1.82) is 0 Å².